The zero-order valence-corrected chi connectivity index (χ0v) is 14.6. The maximum Gasteiger partial charge on any atom is 0.275 e. The second kappa shape index (κ2) is 8.11. The fourth-order valence-electron chi connectivity index (χ4n) is 2.41. The van der Waals surface area contributed by atoms with Crippen molar-refractivity contribution in [3.8, 4) is 0 Å². The van der Waals surface area contributed by atoms with Gasteiger partial charge < -0.3 is 10.2 Å². The standard InChI is InChI=1S/C18H21BrN2O/c1-14(16-8-10-17(19)11-9-16)20-18(22)13-21(2)12-15-6-4-3-5-7-15/h3-11,14H,12-13H2,1-2H3,(H,20,22)/p+1/t14-/m0/s1. The zero-order valence-electron chi connectivity index (χ0n) is 13.0. The lowest BCUT2D eigenvalue weighted by molar-refractivity contribution is -0.885. The van der Waals surface area contributed by atoms with Crippen LogP contribution >= 0.6 is 15.9 Å². The maximum atomic E-state index is 12.2. The highest BCUT2D eigenvalue weighted by Crippen LogP contribution is 2.16. The van der Waals surface area contributed by atoms with Gasteiger partial charge in [-0.1, -0.05) is 58.4 Å². The third-order valence-electron chi connectivity index (χ3n) is 3.56. The summed E-state index contributed by atoms with van der Waals surface area (Å²) in [5.74, 6) is 0.0730. The van der Waals surface area contributed by atoms with Crippen LogP contribution in [0.3, 0.4) is 0 Å². The number of hydrogen-bond acceptors (Lipinski definition) is 1. The molecule has 22 heavy (non-hydrogen) atoms. The van der Waals surface area contributed by atoms with E-state index in [4.69, 9.17) is 0 Å². The molecule has 2 N–H and O–H groups in total. The molecule has 2 aromatic carbocycles. The van der Waals surface area contributed by atoms with E-state index in [-0.39, 0.29) is 11.9 Å². The molecule has 1 unspecified atom stereocenters. The summed E-state index contributed by atoms with van der Waals surface area (Å²) in [4.78, 5) is 13.3. The summed E-state index contributed by atoms with van der Waals surface area (Å²) in [6.45, 7) is 3.32. The Morgan fingerprint density at radius 2 is 1.77 bits per heavy atom. The normalized spacial score (nSPS) is 13.4. The van der Waals surface area contributed by atoms with Crippen LogP contribution in [0, 0.1) is 0 Å². The molecule has 1 amide bonds. The quantitative estimate of drug-likeness (QED) is 0.813. The predicted molar refractivity (Wildman–Crippen MR) is 92.6 cm³/mol. The Morgan fingerprint density at radius 3 is 2.41 bits per heavy atom. The number of likely N-dealkylation sites (N-methyl/N-ethyl adjacent to an activating group) is 1. The molecule has 4 heteroatoms. The number of hydrogen-bond donors (Lipinski definition) is 2. The monoisotopic (exact) mass is 361 g/mol. The van der Waals surface area contributed by atoms with Crippen LogP contribution in [-0.2, 0) is 11.3 Å². The van der Waals surface area contributed by atoms with Crippen molar-refractivity contribution < 1.29 is 9.69 Å². The molecule has 2 rings (SSSR count). The van der Waals surface area contributed by atoms with Gasteiger partial charge in [-0.25, -0.2) is 0 Å². The zero-order chi connectivity index (χ0) is 15.9. The molecule has 0 aromatic heterocycles. The van der Waals surface area contributed by atoms with Crippen LogP contribution in [0.25, 0.3) is 0 Å². The average molecular weight is 362 g/mol. The van der Waals surface area contributed by atoms with E-state index in [0.717, 1.165) is 16.6 Å². The molecule has 3 nitrogen and oxygen atoms in total. The minimum absolute atomic E-state index is 0.0186. The first-order valence-corrected chi connectivity index (χ1v) is 8.24. The van der Waals surface area contributed by atoms with Crippen molar-refractivity contribution in [1.82, 2.24) is 5.32 Å². The highest BCUT2D eigenvalue weighted by Gasteiger charge is 2.14. The minimum atomic E-state index is 0.0186. The van der Waals surface area contributed by atoms with E-state index in [9.17, 15) is 4.79 Å². The molecule has 0 saturated carbocycles. The van der Waals surface area contributed by atoms with Crippen molar-refractivity contribution in [2.45, 2.75) is 19.5 Å². The van der Waals surface area contributed by atoms with Gasteiger partial charge >= 0.3 is 0 Å². The lowest BCUT2D eigenvalue weighted by Crippen LogP contribution is -3.08. The van der Waals surface area contributed by atoms with Gasteiger partial charge in [0.15, 0.2) is 6.54 Å². The smallest absolute Gasteiger partial charge is 0.275 e. The van der Waals surface area contributed by atoms with Crippen molar-refractivity contribution in [1.29, 1.82) is 0 Å². The first kappa shape index (κ1) is 16.7. The molecule has 0 radical (unpaired) electrons. The van der Waals surface area contributed by atoms with Gasteiger partial charge in [0.2, 0.25) is 0 Å². The molecule has 0 aliphatic carbocycles. The third-order valence-corrected chi connectivity index (χ3v) is 4.09. The summed E-state index contributed by atoms with van der Waals surface area (Å²) in [6, 6.07) is 18.3. The molecular formula is C18H22BrN2O+. The van der Waals surface area contributed by atoms with E-state index < -0.39 is 0 Å². The molecule has 2 aromatic rings. The van der Waals surface area contributed by atoms with Crippen LogP contribution in [-0.4, -0.2) is 19.5 Å². The molecule has 0 bridgehead atoms. The van der Waals surface area contributed by atoms with Gasteiger partial charge in [-0.3, -0.25) is 4.79 Å². The first-order valence-electron chi connectivity index (χ1n) is 7.44. The lowest BCUT2D eigenvalue weighted by Gasteiger charge is -2.17. The van der Waals surface area contributed by atoms with Crippen molar-refractivity contribution in [3.63, 3.8) is 0 Å². The number of carbonyl (C=O) groups is 1. The Bertz CT molecular complexity index is 598. The average Bonchev–Trinajstić information content (AvgIpc) is 2.48. The van der Waals surface area contributed by atoms with Crippen LogP contribution in [0.2, 0.25) is 0 Å². The topological polar surface area (TPSA) is 33.5 Å². The number of nitrogens with one attached hydrogen (secondary N) is 2. The summed E-state index contributed by atoms with van der Waals surface area (Å²) in [5, 5.41) is 3.06. The number of halogens is 1. The number of carbonyl (C=O) groups excluding carboxylic acids is 1. The molecule has 2 atom stereocenters. The Labute approximate surface area is 140 Å². The highest BCUT2D eigenvalue weighted by molar-refractivity contribution is 9.10. The van der Waals surface area contributed by atoms with Crippen molar-refractivity contribution in [3.05, 3.63) is 70.2 Å². The summed E-state index contributed by atoms with van der Waals surface area (Å²) in [5.41, 5.74) is 2.35. The van der Waals surface area contributed by atoms with E-state index in [1.807, 2.05) is 56.4 Å². The van der Waals surface area contributed by atoms with Gasteiger partial charge in [-0.2, -0.15) is 0 Å². The summed E-state index contributed by atoms with van der Waals surface area (Å²) < 4.78 is 1.04. The van der Waals surface area contributed by atoms with E-state index in [1.54, 1.807) is 0 Å². The van der Waals surface area contributed by atoms with E-state index in [2.05, 4.69) is 33.4 Å². The summed E-state index contributed by atoms with van der Waals surface area (Å²) in [6.07, 6.45) is 0. The SMILES string of the molecule is C[C@H](NC(=O)C[NH+](C)Cc1ccccc1)c1ccc(Br)cc1. The molecule has 0 aliphatic heterocycles. The fourth-order valence-corrected chi connectivity index (χ4v) is 2.67. The second-order valence-electron chi connectivity index (χ2n) is 5.64. The number of quaternary nitrogens is 1. The van der Waals surface area contributed by atoms with E-state index in [0.29, 0.717) is 6.54 Å². The predicted octanol–water partition coefficient (Wildman–Crippen LogP) is 2.34. The second-order valence-corrected chi connectivity index (χ2v) is 6.55. The molecule has 0 fully saturated rings. The molecule has 0 spiro atoms. The molecule has 0 heterocycles. The van der Waals surface area contributed by atoms with Gasteiger partial charge in [0.1, 0.15) is 6.54 Å². The number of benzene rings is 2. The number of rotatable bonds is 6. The van der Waals surface area contributed by atoms with Crippen LogP contribution in [0.1, 0.15) is 24.1 Å². The first-order chi connectivity index (χ1) is 10.5. The summed E-state index contributed by atoms with van der Waals surface area (Å²) in [7, 11) is 2.04. The molecule has 0 saturated heterocycles. The Kier molecular flexibility index (Phi) is 6.16. The van der Waals surface area contributed by atoms with Crippen LogP contribution in [0.4, 0.5) is 0 Å². The molecule has 0 aliphatic rings. The van der Waals surface area contributed by atoms with Gasteiger partial charge in [-0.15, -0.1) is 0 Å². The van der Waals surface area contributed by atoms with Crippen LogP contribution in [0.15, 0.2) is 59.1 Å². The molecule has 116 valence electrons. The lowest BCUT2D eigenvalue weighted by atomic mass is 10.1. The highest BCUT2D eigenvalue weighted by atomic mass is 79.9. The van der Waals surface area contributed by atoms with Crippen molar-refractivity contribution >= 4 is 21.8 Å². The molecular weight excluding hydrogens is 340 g/mol. The van der Waals surface area contributed by atoms with Crippen molar-refractivity contribution in [2.24, 2.45) is 0 Å². The van der Waals surface area contributed by atoms with E-state index >= 15 is 0 Å². The van der Waals surface area contributed by atoms with Gasteiger partial charge in [0.25, 0.3) is 5.91 Å². The fraction of sp³-hybridized carbons (Fsp3) is 0.278. The van der Waals surface area contributed by atoms with Gasteiger partial charge in [0, 0.05) is 10.0 Å². The number of amides is 1. The summed E-state index contributed by atoms with van der Waals surface area (Å²) >= 11 is 3.42. The van der Waals surface area contributed by atoms with Crippen molar-refractivity contribution in [2.75, 3.05) is 13.6 Å². The Morgan fingerprint density at radius 1 is 1.14 bits per heavy atom. The minimum Gasteiger partial charge on any atom is -0.345 e. The maximum absolute atomic E-state index is 12.2. The van der Waals surface area contributed by atoms with Gasteiger partial charge in [-0.05, 0) is 24.6 Å². The van der Waals surface area contributed by atoms with Gasteiger partial charge in [0.05, 0.1) is 13.1 Å². The van der Waals surface area contributed by atoms with Crippen LogP contribution in [0.5, 0.6) is 0 Å². The van der Waals surface area contributed by atoms with Crippen LogP contribution < -0.4 is 10.2 Å². The van der Waals surface area contributed by atoms with E-state index in [1.165, 1.54) is 10.5 Å². The largest absolute Gasteiger partial charge is 0.345 e. The third kappa shape index (κ3) is 5.28. The Hall–Kier alpha value is -1.65. The Balaban J connectivity index is 1.83.